The minimum Gasteiger partial charge on any atom is -0.497 e. The second-order valence-electron chi connectivity index (χ2n) is 5.99. The van der Waals surface area contributed by atoms with Crippen molar-refractivity contribution in [2.24, 2.45) is 0 Å². The van der Waals surface area contributed by atoms with E-state index in [1.165, 1.54) is 4.90 Å². The van der Waals surface area contributed by atoms with Gasteiger partial charge in [-0.15, -0.1) is 0 Å². The molecule has 2 amide bonds. The lowest BCUT2D eigenvalue weighted by atomic mass is 10.1. The minimum absolute atomic E-state index is 0.142. The number of benzene rings is 2. The fourth-order valence-corrected chi connectivity index (χ4v) is 2.93. The molecular formula is C19H20N2O3. The number of ether oxygens (including phenoxy) is 1. The Morgan fingerprint density at radius 1 is 1.12 bits per heavy atom. The van der Waals surface area contributed by atoms with Gasteiger partial charge in [-0.05, 0) is 37.6 Å². The zero-order valence-corrected chi connectivity index (χ0v) is 14.0. The molecule has 24 heavy (non-hydrogen) atoms. The number of imide groups is 1. The van der Waals surface area contributed by atoms with Crippen LogP contribution in [-0.2, 0) is 9.59 Å². The molecule has 124 valence electrons. The summed E-state index contributed by atoms with van der Waals surface area (Å²) in [6, 6.07) is 12.4. The molecule has 1 fully saturated rings. The van der Waals surface area contributed by atoms with E-state index in [0.717, 1.165) is 16.8 Å². The van der Waals surface area contributed by atoms with E-state index in [9.17, 15) is 9.59 Å². The Labute approximate surface area is 141 Å². The van der Waals surface area contributed by atoms with E-state index in [1.54, 1.807) is 31.4 Å². The molecule has 0 bridgehead atoms. The van der Waals surface area contributed by atoms with Crippen LogP contribution in [0, 0.1) is 13.8 Å². The number of nitrogens with zero attached hydrogens (tertiary/aromatic N) is 1. The number of amides is 2. The number of methoxy groups -OCH3 is 1. The van der Waals surface area contributed by atoms with Crippen molar-refractivity contribution in [3.8, 4) is 5.75 Å². The standard InChI is InChI=1S/C19H20N2O3/c1-12-7-8-16(13(2)9-12)20-17-11-18(22)21(19(17)23)14-5-4-6-15(10-14)24-3/h4-10,17,20H,11H2,1-3H3. The minimum atomic E-state index is -0.551. The van der Waals surface area contributed by atoms with Gasteiger partial charge in [0.15, 0.2) is 0 Å². The van der Waals surface area contributed by atoms with E-state index in [1.807, 2.05) is 32.0 Å². The lowest BCUT2D eigenvalue weighted by Gasteiger charge is -2.17. The van der Waals surface area contributed by atoms with Crippen LogP contribution in [0.4, 0.5) is 11.4 Å². The van der Waals surface area contributed by atoms with Gasteiger partial charge in [0.05, 0.1) is 19.2 Å². The first-order valence-corrected chi connectivity index (χ1v) is 7.84. The van der Waals surface area contributed by atoms with Crippen LogP contribution in [0.3, 0.4) is 0 Å². The molecule has 1 heterocycles. The van der Waals surface area contributed by atoms with Crippen LogP contribution >= 0.6 is 0 Å². The second kappa shape index (κ2) is 6.35. The Morgan fingerprint density at radius 2 is 1.92 bits per heavy atom. The van der Waals surface area contributed by atoms with Crippen molar-refractivity contribution in [3.05, 3.63) is 53.6 Å². The highest BCUT2D eigenvalue weighted by Crippen LogP contribution is 2.28. The number of rotatable bonds is 4. The van der Waals surface area contributed by atoms with Crippen LogP contribution in [0.15, 0.2) is 42.5 Å². The number of anilines is 2. The molecule has 2 aromatic rings. The van der Waals surface area contributed by atoms with Gasteiger partial charge in [-0.25, -0.2) is 4.90 Å². The third-order valence-corrected chi connectivity index (χ3v) is 4.17. The van der Waals surface area contributed by atoms with E-state index in [2.05, 4.69) is 5.32 Å². The predicted octanol–water partition coefficient (Wildman–Crippen LogP) is 3.06. The zero-order valence-electron chi connectivity index (χ0n) is 14.0. The van der Waals surface area contributed by atoms with E-state index >= 15 is 0 Å². The highest BCUT2D eigenvalue weighted by atomic mass is 16.5. The van der Waals surface area contributed by atoms with Gasteiger partial charge < -0.3 is 10.1 Å². The van der Waals surface area contributed by atoms with Gasteiger partial charge in [0.25, 0.3) is 5.91 Å². The Bertz CT molecular complexity index is 801. The molecule has 1 aliphatic rings. The summed E-state index contributed by atoms with van der Waals surface area (Å²) in [5.74, 6) is 0.155. The third kappa shape index (κ3) is 2.97. The molecule has 0 spiro atoms. The Kier molecular flexibility index (Phi) is 4.25. The van der Waals surface area contributed by atoms with Gasteiger partial charge in [0.2, 0.25) is 5.91 Å². The summed E-state index contributed by atoms with van der Waals surface area (Å²) in [6.07, 6.45) is 0.142. The molecular weight excluding hydrogens is 304 g/mol. The Morgan fingerprint density at radius 3 is 2.62 bits per heavy atom. The highest BCUT2D eigenvalue weighted by molar-refractivity contribution is 6.23. The fourth-order valence-electron chi connectivity index (χ4n) is 2.93. The van der Waals surface area contributed by atoms with Crippen LogP contribution in [0.5, 0.6) is 5.75 Å². The van der Waals surface area contributed by atoms with Gasteiger partial charge in [-0.3, -0.25) is 9.59 Å². The molecule has 0 saturated carbocycles. The maximum Gasteiger partial charge on any atom is 0.256 e. The van der Waals surface area contributed by atoms with Crippen LogP contribution < -0.4 is 15.0 Å². The van der Waals surface area contributed by atoms with E-state index in [4.69, 9.17) is 4.74 Å². The highest BCUT2D eigenvalue weighted by Gasteiger charge is 2.39. The van der Waals surface area contributed by atoms with Crippen molar-refractivity contribution in [2.75, 3.05) is 17.3 Å². The van der Waals surface area contributed by atoms with E-state index in [0.29, 0.717) is 11.4 Å². The molecule has 0 aromatic heterocycles. The average molecular weight is 324 g/mol. The summed E-state index contributed by atoms with van der Waals surface area (Å²) in [5, 5.41) is 3.20. The molecule has 3 rings (SSSR count). The van der Waals surface area contributed by atoms with E-state index < -0.39 is 6.04 Å². The largest absolute Gasteiger partial charge is 0.497 e. The van der Waals surface area contributed by atoms with Gasteiger partial charge in [-0.2, -0.15) is 0 Å². The van der Waals surface area contributed by atoms with Crippen molar-refractivity contribution >= 4 is 23.2 Å². The van der Waals surface area contributed by atoms with Gasteiger partial charge in [-0.1, -0.05) is 23.8 Å². The lowest BCUT2D eigenvalue weighted by molar-refractivity contribution is -0.121. The number of nitrogens with one attached hydrogen (secondary N) is 1. The average Bonchev–Trinajstić information content (AvgIpc) is 2.84. The summed E-state index contributed by atoms with van der Waals surface area (Å²) in [7, 11) is 1.55. The monoisotopic (exact) mass is 324 g/mol. The third-order valence-electron chi connectivity index (χ3n) is 4.17. The number of carbonyl (C=O) groups is 2. The summed E-state index contributed by atoms with van der Waals surface area (Å²) >= 11 is 0. The topological polar surface area (TPSA) is 58.6 Å². The summed E-state index contributed by atoms with van der Waals surface area (Å²) in [5.41, 5.74) is 3.62. The first-order valence-electron chi connectivity index (χ1n) is 7.84. The first kappa shape index (κ1) is 16.1. The maximum atomic E-state index is 12.7. The molecule has 1 unspecified atom stereocenters. The van der Waals surface area contributed by atoms with Gasteiger partial charge in [0, 0.05) is 11.8 Å². The summed E-state index contributed by atoms with van der Waals surface area (Å²) < 4.78 is 5.17. The second-order valence-corrected chi connectivity index (χ2v) is 5.99. The molecule has 0 aliphatic carbocycles. The lowest BCUT2D eigenvalue weighted by Crippen LogP contribution is -2.34. The molecule has 5 heteroatoms. The number of aryl methyl sites for hydroxylation is 2. The molecule has 1 aliphatic heterocycles. The number of hydrogen-bond acceptors (Lipinski definition) is 4. The normalized spacial score (nSPS) is 17.3. The summed E-state index contributed by atoms with van der Waals surface area (Å²) in [6.45, 7) is 4.00. The van der Waals surface area contributed by atoms with E-state index in [-0.39, 0.29) is 18.2 Å². The Balaban J connectivity index is 1.83. The predicted molar refractivity (Wildman–Crippen MR) is 93.4 cm³/mol. The fraction of sp³-hybridized carbons (Fsp3) is 0.263. The van der Waals surface area contributed by atoms with Crippen molar-refractivity contribution in [1.29, 1.82) is 0 Å². The number of hydrogen-bond donors (Lipinski definition) is 1. The SMILES string of the molecule is COc1cccc(N2C(=O)CC(Nc3ccc(C)cc3C)C2=O)c1. The van der Waals surface area contributed by atoms with Crippen molar-refractivity contribution in [1.82, 2.24) is 0 Å². The molecule has 1 atom stereocenters. The van der Waals surface area contributed by atoms with Crippen molar-refractivity contribution < 1.29 is 14.3 Å². The van der Waals surface area contributed by atoms with Crippen LogP contribution in [0.2, 0.25) is 0 Å². The molecule has 5 nitrogen and oxygen atoms in total. The van der Waals surface area contributed by atoms with Crippen molar-refractivity contribution in [3.63, 3.8) is 0 Å². The molecule has 1 saturated heterocycles. The Hall–Kier alpha value is -2.82. The van der Waals surface area contributed by atoms with Gasteiger partial charge in [0.1, 0.15) is 11.8 Å². The molecule has 1 N–H and O–H groups in total. The van der Waals surface area contributed by atoms with Gasteiger partial charge >= 0.3 is 0 Å². The summed E-state index contributed by atoms with van der Waals surface area (Å²) in [4.78, 5) is 26.3. The quantitative estimate of drug-likeness (QED) is 0.878. The van der Waals surface area contributed by atoms with Crippen LogP contribution in [0.1, 0.15) is 17.5 Å². The van der Waals surface area contributed by atoms with Crippen molar-refractivity contribution in [2.45, 2.75) is 26.3 Å². The zero-order chi connectivity index (χ0) is 17.3. The number of carbonyl (C=O) groups excluding carboxylic acids is 2. The first-order chi connectivity index (χ1) is 11.5. The maximum absolute atomic E-state index is 12.7. The van der Waals surface area contributed by atoms with Crippen LogP contribution in [-0.4, -0.2) is 25.0 Å². The molecule has 2 aromatic carbocycles. The smallest absolute Gasteiger partial charge is 0.256 e. The molecule has 0 radical (unpaired) electrons. The van der Waals surface area contributed by atoms with Crippen LogP contribution in [0.25, 0.3) is 0 Å².